The maximum absolute atomic E-state index is 12.2. The summed E-state index contributed by atoms with van der Waals surface area (Å²) in [7, 11) is 0. The number of carbonyl (C=O) groups excluding carboxylic acids is 2. The second-order valence-corrected chi connectivity index (χ2v) is 6.43. The van der Waals surface area contributed by atoms with Crippen molar-refractivity contribution in [2.75, 3.05) is 6.61 Å². The van der Waals surface area contributed by atoms with E-state index in [-0.39, 0.29) is 28.8 Å². The summed E-state index contributed by atoms with van der Waals surface area (Å²) < 4.78 is 5.18. The molecule has 0 fully saturated rings. The Labute approximate surface area is 166 Å². The Bertz CT molecular complexity index is 683. The molecule has 0 N–H and O–H groups in total. The summed E-state index contributed by atoms with van der Waals surface area (Å²) in [5.74, 6) is -0.346. The fraction of sp³-hybridized carbons (Fsp3) is 0.500. The summed E-state index contributed by atoms with van der Waals surface area (Å²) in [6, 6.07) is 0. The van der Waals surface area contributed by atoms with Gasteiger partial charge in [-0.1, -0.05) is 11.9 Å². The van der Waals surface area contributed by atoms with Crippen LogP contribution in [0.4, 0.5) is 5.00 Å². The molecule has 0 aliphatic heterocycles. The van der Waals surface area contributed by atoms with E-state index >= 15 is 0 Å². The quantitative estimate of drug-likeness (QED) is 0.227. The zero-order chi connectivity index (χ0) is 19.0. The van der Waals surface area contributed by atoms with E-state index in [9.17, 15) is 9.59 Å². The molecule has 0 aromatic carbocycles. The molecular weight excluding hydrogens is 412 g/mol. The normalized spacial score (nSPS) is 12.7. The van der Waals surface area contributed by atoms with E-state index in [0.717, 1.165) is 31.2 Å². The molecule has 0 unspecified atom stereocenters. The first kappa shape index (κ1) is 24.1. The predicted molar refractivity (Wildman–Crippen MR) is 94.7 cm³/mol. The van der Waals surface area contributed by atoms with Crippen molar-refractivity contribution >= 4 is 28.1 Å². The van der Waals surface area contributed by atoms with Gasteiger partial charge in [-0.2, -0.15) is 17.0 Å². The van der Waals surface area contributed by atoms with Crippen molar-refractivity contribution in [3.05, 3.63) is 48.4 Å². The number of esters is 1. The van der Waals surface area contributed by atoms with Gasteiger partial charge in [0.05, 0.1) is 17.3 Å². The molecule has 0 atom stereocenters. The number of rotatable bonds is 5. The molecule has 147 valence electrons. The Balaban J connectivity index is 0.00000113. The van der Waals surface area contributed by atoms with Crippen molar-refractivity contribution in [1.29, 1.82) is 0 Å². The number of nitrogens with zero attached hydrogens (tertiary/aromatic N) is 2. The average Bonchev–Trinajstić information content (AvgIpc) is 2.83. The third kappa shape index (κ3) is 7.55. The summed E-state index contributed by atoms with van der Waals surface area (Å²) in [6.07, 6.45) is 5.63. The Kier molecular flexibility index (Phi) is 10.8. The van der Waals surface area contributed by atoms with Crippen LogP contribution in [0.1, 0.15) is 54.4 Å². The van der Waals surface area contributed by atoms with Crippen LogP contribution >= 0.6 is 11.3 Å². The van der Waals surface area contributed by atoms with Gasteiger partial charge in [0.25, 0.3) is 0 Å². The molecule has 0 saturated carbocycles. The van der Waals surface area contributed by atoms with E-state index in [4.69, 9.17) is 20.1 Å². The minimum Gasteiger partial charge on any atom is -0.652 e. The third-order valence-electron chi connectivity index (χ3n) is 3.32. The average molecular weight is 432 g/mol. The first-order valence-electron chi connectivity index (χ1n) is 7.80. The van der Waals surface area contributed by atoms with Gasteiger partial charge in [0.2, 0.25) is 0 Å². The standard InChI is InChI=1S/C16H21NO3S.Cu.NO3/c1-4-20-16(19)14-12-7-5-6-8-13(12)21-15(14)17-10(2)9-11(3)18;;2-1(3)4/h9H,4-8H2,1-3H3,(H,17,18,19);;/q;+2;-1/p-1. The number of carbonyl (C=O) groups is 2. The smallest absolute Gasteiger partial charge is 0.652 e. The first-order valence-corrected chi connectivity index (χ1v) is 8.61. The van der Waals surface area contributed by atoms with Crippen LogP contribution in [-0.4, -0.2) is 23.4 Å². The van der Waals surface area contributed by atoms with Crippen LogP contribution in [0.5, 0.6) is 0 Å². The number of thiophene rings is 1. The minimum atomic E-state index is -1.75. The van der Waals surface area contributed by atoms with E-state index in [2.05, 4.69) is 5.32 Å². The van der Waals surface area contributed by atoms with E-state index < -0.39 is 5.09 Å². The SMILES string of the molecule is CCOC(=O)c1c([N-]/C(C)=C\C(C)=O)sc2c1CCCC2.O=[N+]([O-])[O-].[Cu+2]. The molecule has 1 aromatic rings. The molecular formula is C16H20CuN2O6S. The molecule has 0 amide bonds. The van der Waals surface area contributed by atoms with Crippen LogP contribution in [0.2, 0.25) is 0 Å². The van der Waals surface area contributed by atoms with Gasteiger partial charge >= 0.3 is 23.0 Å². The summed E-state index contributed by atoms with van der Waals surface area (Å²) in [4.78, 5) is 32.9. The Morgan fingerprint density at radius 3 is 2.38 bits per heavy atom. The van der Waals surface area contributed by atoms with E-state index in [1.54, 1.807) is 25.2 Å². The summed E-state index contributed by atoms with van der Waals surface area (Å²) >= 11 is 1.55. The second kappa shape index (κ2) is 11.7. The predicted octanol–water partition coefficient (Wildman–Crippen LogP) is 4.06. The van der Waals surface area contributed by atoms with Gasteiger partial charge in [-0.15, -0.1) is 0 Å². The summed E-state index contributed by atoms with van der Waals surface area (Å²) in [5, 5.41) is 19.9. The molecule has 1 aliphatic carbocycles. The maximum atomic E-state index is 12.2. The van der Waals surface area contributed by atoms with Gasteiger partial charge in [0, 0.05) is 4.88 Å². The molecule has 0 spiro atoms. The third-order valence-corrected chi connectivity index (χ3v) is 4.51. The topological polar surface area (TPSA) is 124 Å². The molecule has 1 heterocycles. The molecule has 1 aromatic heterocycles. The van der Waals surface area contributed by atoms with E-state index in [1.165, 1.54) is 17.9 Å². The van der Waals surface area contributed by atoms with Crippen LogP contribution < -0.4 is 0 Å². The van der Waals surface area contributed by atoms with E-state index in [1.807, 2.05) is 0 Å². The second-order valence-electron chi connectivity index (χ2n) is 5.34. The fourth-order valence-corrected chi connectivity index (χ4v) is 3.84. The van der Waals surface area contributed by atoms with Crippen LogP contribution in [0.25, 0.3) is 5.32 Å². The van der Waals surface area contributed by atoms with Crippen molar-refractivity contribution in [2.45, 2.75) is 46.5 Å². The molecule has 26 heavy (non-hydrogen) atoms. The maximum Gasteiger partial charge on any atom is 2.00 e. The molecule has 10 heteroatoms. The summed E-state index contributed by atoms with van der Waals surface area (Å²) in [6.45, 7) is 5.42. The Hall–Kier alpha value is -1.90. The monoisotopic (exact) mass is 431 g/mol. The van der Waals surface area contributed by atoms with Gasteiger partial charge in [-0.3, -0.25) is 4.79 Å². The molecule has 0 saturated heterocycles. The van der Waals surface area contributed by atoms with Crippen molar-refractivity contribution < 1.29 is 36.5 Å². The number of aryl methyl sites for hydroxylation is 1. The number of hydrogen-bond acceptors (Lipinski definition) is 7. The Morgan fingerprint density at radius 1 is 1.27 bits per heavy atom. The molecule has 2 rings (SSSR count). The minimum absolute atomic E-state index is 0. The molecule has 0 bridgehead atoms. The largest absolute Gasteiger partial charge is 2.00 e. The summed E-state index contributed by atoms with van der Waals surface area (Å²) in [5.41, 5.74) is 2.32. The van der Waals surface area contributed by atoms with Crippen LogP contribution in [0.3, 0.4) is 0 Å². The zero-order valence-electron chi connectivity index (χ0n) is 14.7. The van der Waals surface area contributed by atoms with Crippen molar-refractivity contribution in [3.63, 3.8) is 0 Å². The van der Waals surface area contributed by atoms with Crippen molar-refractivity contribution in [1.82, 2.24) is 0 Å². The van der Waals surface area contributed by atoms with Crippen LogP contribution in [-0.2, 0) is 39.4 Å². The number of allylic oxidation sites excluding steroid dienone is 2. The molecule has 1 radical (unpaired) electrons. The van der Waals surface area contributed by atoms with Crippen molar-refractivity contribution in [3.8, 4) is 0 Å². The molecule has 8 nitrogen and oxygen atoms in total. The van der Waals surface area contributed by atoms with Gasteiger partial charge in [-0.05, 0) is 51.2 Å². The fourth-order valence-electron chi connectivity index (χ4n) is 2.53. The van der Waals surface area contributed by atoms with Crippen molar-refractivity contribution in [2.24, 2.45) is 0 Å². The zero-order valence-corrected chi connectivity index (χ0v) is 16.4. The van der Waals surface area contributed by atoms with Crippen LogP contribution in [0.15, 0.2) is 11.8 Å². The van der Waals surface area contributed by atoms with Gasteiger partial charge in [-0.25, -0.2) is 4.79 Å². The van der Waals surface area contributed by atoms with Gasteiger partial charge in [0.1, 0.15) is 0 Å². The van der Waals surface area contributed by atoms with E-state index in [0.29, 0.717) is 22.9 Å². The number of fused-ring (bicyclic) bond motifs is 1. The number of ether oxygens (including phenoxy) is 1. The van der Waals surface area contributed by atoms with Gasteiger partial charge in [0.15, 0.2) is 5.78 Å². The first-order chi connectivity index (χ1) is 11.8. The number of ketones is 1. The molecule has 1 aliphatic rings. The number of hydrogen-bond donors (Lipinski definition) is 0. The Morgan fingerprint density at radius 2 is 1.85 bits per heavy atom. The van der Waals surface area contributed by atoms with Gasteiger partial charge < -0.3 is 25.4 Å². The van der Waals surface area contributed by atoms with Crippen LogP contribution in [0, 0.1) is 15.3 Å².